The molecule has 3 aliphatic heterocycles. The number of likely N-dealkylation sites (tertiary alicyclic amines) is 1. The minimum atomic E-state index is -0.524. The summed E-state index contributed by atoms with van der Waals surface area (Å²) in [5.41, 5.74) is 3.63. The number of rotatable bonds is 3. The van der Waals surface area contributed by atoms with Crippen LogP contribution in [0, 0.1) is 6.92 Å². The van der Waals surface area contributed by atoms with Crippen molar-refractivity contribution in [2.45, 2.75) is 32.0 Å². The Kier molecular flexibility index (Phi) is 8.47. The second-order valence-corrected chi connectivity index (χ2v) is 11.6. The number of hydrogen-bond donors (Lipinski definition) is 2. The van der Waals surface area contributed by atoms with Gasteiger partial charge in [0, 0.05) is 54.2 Å². The standard InChI is InChI=1S/C33H32N4O6S/c1-20-8-9-22-14-28(20)42-18-30(38)34-16-23-10-11-24(15-29(23)41-2)43-27-12-13-37(17-25(27)35-31(22)39)33(40)32-36-26(19-44-32)21-6-4-3-5-7-21/h3-11,14-15,19,25,27H,12-13,16-18H2,1-2H3,(H,34,38)(H,35,39)/t25-,27+/m0/s1. The highest BCUT2D eigenvalue weighted by molar-refractivity contribution is 7.12. The van der Waals surface area contributed by atoms with Gasteiger partial charge in [0.05, 0.1) is 18.8 Å². The first-order valence-corrected chi connectivity index (χ1v) is 15.2. The molecule has 1 aromatic heterocycles. The zero-order valence-corrected chi connectivity index (χ0v) is 25.2. The lowest BCUT2D eigenvalue weighted by molar-refractivity contribution is -0.123. The van der Waals surface area contributed by atoms with Gasteiger partial charge in [-0.25, -0.2) is 4.98 Å². The number of nitrogens with zero attached hydrogens (tertiary/aromatic N) is 2. The van der Waals surface area contributed by atoms with Gasteiger partial charge in [0.1, 0.15) is 23.4 Å². The lowest BCUT2D eigenvalue weighted by Crippen LogP contribution is -2.58. The van der Waals surface area contributed by atoms with E-state index in [0.717, 1.165) is 22.4 Å². The van der Waals surface area contributed by atoms with E-state index in [4.69, 9.17) is 14.2 Å². The van der Waals surface area contributed by atoms with Crippen molar-refractivity contribution in [3.8, 4) is 28.5 Å². The van der Waals surface area contributed by atoms with Crippen LogP contribution in [0.1, 0.15) is 37.7 Å². The summed E-state index contributed by atoms with van der Waals surface area (Å²) in [5, 5.41) is 8.21. The number of carbonyl (C=O) groups excluding carboxylic acids is 3. The third kappa shape index (κ3) is 6.37. The first kappa shape index (κ1) is 29.2. The van der Waals surface area contributed by atoms with E-state index in [-0.39, 0.29) is 37.4 Å². The number of nitrogens with one attached hydrogen (secondary N) is 2. The summed E-state index contributed by atoms with van der Waals surface area (Å²) in [6.45, 7) is 2.55. The Morgan fingerprint density at radius 1 is 1.07 bits per heavy atom. The maximum Gasteiger partial charge on any atom is 0.282 e. The van der Waals surface area contributed by atoms with E-state index in [2.05, 4.69) is 15.6 Å². The van der Waals surface area contributed by atoms with Gasteiger partial charge in [-0.2, -0.15) is 0 Å². The molecule has 4 heterocycles. The molecule has 3 aromatic carbocycles. The summed E-state index contributed by atoms with van der Waals surface area (Å²) in [6.07, 6.45) is 0.0574. The van der Waals surface area contributed by atoms with Crippen molar-refractivity contribution in [3.63, 3.8) is 0 Å². The van der Waals surface area contributed by atoms with Gasteiger partial charge in [-0.3, -0.25) is 14.4 Å². The average molecular weight is 613 g/mol. The SMILES string of the molecule is COc1cc2ccc1CNC(=O)COc1cc(ccc1C)C(=O)N[C@H]1CN(C(=O)c3nc(-c4ccccc4)cs3)CC[C@H]1O2. The van der Waals surface area contributed by atoms with Crippen LogP contribution in [0.25, 0.3) is 11.3 Å². The lowest BCUT2D eigenvalue weighted by atomic mass is 10.0. The summed E-state index contributed by atoms with van der Waals surface area (Å²) in [7, 11) is 1.56. The molecule has 0 saturated carbocycles. The number of carbonyl (C=O) groups is 3. The first-order chi connectivity index (χ1) is 21.4. The van der Waals surface area contributed by atoms with E-state index in [1.807, 2.05) is 54.8 Å². The molecule has 10 nitrogen and oxygen atoms in total. The fourth-order valence-electron chi connectivity index (χ4n) is 5.30. The molecule has 44 heavy (non-hydrogen) atoms. The predicted octanol–water partition coefficient (Wildman–Crippen LogP) is 4.23. The van der Waals surface area contributed by atoms with Crippen LogP contribution in [0.4, 0.5) is 0 Å². The second-order valence-electron chi connectivity index (χ2n) is 10.7. The van der Waals surface area contributed by atoms with Gasteiger partial charge in [-0.15, -0.1) is 11.3 Å². The number of thiazole rings is 1. The average Bonchev–Trinajstić information content (AvgIpc) is 3.54. The van der Waals surface area contributed by atoms with Gasteiger partial charge in [-0.05, 0) is 36.8 Å². The molecule has 0 aliphatic carbocycles. The van der Waals surface area contributed by atoms with Gasteiger partial charge < -0.3 is 29.7 Å². The Hall–Kier alpha value is -4.90. The highest BCUT2D eigenvalue weighted by Crippen LogP contribution is 2.29. The molecule has 2 atom stereocenters. The van der Waals surface area contributed by atoms with E-state index < -0.39 is 12.1 Å². The molecule has 4 aromatic rings. The van der Waals surface area contributed by atoms with Crippen LogP contribution in [0.3, 0.4) is 0 Å². The summed E-state index contributed by atoms with van der Waals surface area (Å²) in [4.78, 5) is 46.0. The molecule has 3 amide bonds. The monoisotopic (exact) mass is 612 g/mol. The molecule has 1 saturated heterocycles. The fourth-order valence-corrected chi connectivity index (χ4v) is 6.09. The summed E-state index contributed by atoms with van der Waals surface area (Å²) in [6, 6.07) is 19.7. The van der Waals surface area contributed by atoms with Crippen LogP contribution < -0.4 is 24.8 Å². The molecule has 7 rings (SSSR count). The molecule has 4 bridgehead atoms. The van der Waals surface area contributed by atoms with Crippen molar-refractivity contribution in [2.75, 3.05) is 26.8 Å². The highest BCUT2D eigenvalue weighted by atomic mass is 32.1. The van der Waals surface area contributed by atoms with Crippen LogP contribution >= 0.6 is 11.3 Å². The smallest absolute Gasteiger partial charge is 0.282 e. The topological polar surface area (TPSA) is 119 Å². The van der Waals surface area contributed by atoms with E-state index >= 15 is 0 Å². The van der Waals surface area contributed by atoms with E-state index in [0.29, 0.717) is 40.8 Å². The van der Waals surface area contributed by atoms with Crippen molar-refractivity contribution >= 4 is 29.1 Å². The number of aromatic nitrogens is 1. The van der Waals surface area contributed by atoms with Gasteiger partial charge in [-0.1, -0.05) is 36.4 Å². The molecule has 0 spiro atoms. The fraction of sp³-hybridized carbons (Fsp3) is 0.273. The van der Waals surface area contributed by atoms with Crippen LogP contribution in [-0.4, -0.2) is 66.6 Å². The van der Waals surface area contributed by atoms with Crippen molar-refractivity contribution in [2.24, 2.45) is 0 Å². The predicted molar refractivity (Wildman–Crippen MR) is 165 cm³/mol. The minimum absolute atomic E-state index is 0.192. The Morgan fingerprint density at radius 3 is 2.73 bits per heavy atom. The van der Waals surface area contributed by atoms with Crippen molar-refractivity contribution < 1.29 is 28.6 Å². The van der Waals surface area contributed by atoms with Gasteiger partial charge >= 0.3 is 0 Å². The molecule has 3 aliphatic rings. The molecular weight excluding hydrogens is 580 g/mol. The Labute approximate surface area is 259 Å². The highest BCUT2D eigenvalue weighted by Gasteiger charge is 2.35. The maximum atomic E-state index is 13.6. The van der Waals surface area contributed by atoms with Crippen LogP contribution in [0.5, 0.6) is 17.2 Å². The number of methoxy groups -OCH3 is 1. The third-order valence-electron chi connectivity index (χ3n) is 7.74. The molecule has 2 N–H and O–H groups in total. The normalized spacial score (nSPS) is 18.6. The molecule has 0 radical (unpaired) electrons. The zero-order valence-electron chi connectivity index (χ0n) is 24.4. The molecule has 0 unspecified atom stereocenters. The number of fused-ring (bicyclic) bond motifs is 7. The van der Waals surface area contributed by atoms with Crippen molar-refractivity contribution in [1.82, 2.24) is 20.5 Å². The van der Waals surface area contributed by atoms with E-state index in [1.165, 1.54) is 11.3 Å². The maximum absolute atomic E-state index is 13.6. The number of aryl methyl sites for hydroxylation is 1. The number of amides is 3. The Balaban J connectivity index is 1.28. The van der Waals surface area contributed by atoms with Crippen LogP contribution in [0.2, 0.25) is 0 Å². The van der Waals surface area contributed by atoms with Crippen LogP contribution in [-0.2, 0) is 11.3 Å². The molecular formula is C33H32N4O6S. The number of piperidine rings is 1. The molecule has 11 heteroatoms. The minimum Gasteiger partial charge on any atom is -0.496 e. The summed E-state index contributed by atoms with van der Waals surface area (Å²) < 4.78 is 17.8. The van der Waals surface area contributed by atoms with Gasteiger partial charge in [0.15, 0.2) is 11.6 Å². The number of hydrogen-bond acceptors (Lipinski definition) is 8. The quantitative estimate of drug-likeness (QED) is 0.356. The third-order valence-corrected chi connectivity index (χ3v) is 8.57. The molecule has 1 fully saturated rings. The van der Waals surface area contributed by atoms with Gasteiger partial charge in [0.25, 0.3) is 17.7 Å². The van der Waals surface area contributed by atoms with E-state index in [1.54, 1.807) is 36.3 Å². The number of ether oxygens (including phenoxy) is 3. The Bertz CT molecular complexity index is 1690. The molecule has 226 valence electrons. The second kappa shape index (κ2) is 12.8. The Morgan fingerprint density at radius 2 is 1.91 bits per heavy atom. The van der Waals surface area contributed by atoms with Crippen molar-refractivity contribution in [3.05, 3.63) is 93.8 Å². The largest absolute Gasteiger partial charge is 0.496 e. The number of benzene rings is 3. The zero-order chi connectivity index (χ0) is 30.6. The first-order valence-electron chi connectivity index (χ1n) is 14.3. The van der Waals surface area contributed by atoms with Crippen molar-refractivity contribution in [1.29, 1.82) is 0 Å². The summed E-state index contributed by atoms with van der Waals surface area (Å²) >= 11 is 1.30. The van der Waals surface area contributed by atoms with Gasteiger partial charge in [0.2, 0.25) is 0 Å². The van der Waals surface area contributed by atoms with E-state index in [9.17, 15) is 14.4 Å². The lowest BCUT2D eigenvalue weighted by Gasteiger charge is -2.38. The van der Waals surface area contributed by atoms with Crippen LogP contribution in [0.15, 0.2) is 72.1 Å². The summed E-state index contributed by atoms with van der Waals surface area (Å²) in [5.74, 6) is 0.704.